The number of hydrogen-bond acceptors (Lipinski definition) is 1. The fraction of sp³-hybridized carbons (Fsp3) is 0.500. The van der Waals surface area contributed by atoms with Crippen LogP contribution in [0.15, 0.2) is 60.7 Å². The zero-order valence-corrected chi connectivity index (χ0v) is 16.9. The van der Waals surface area contributed by atoms with Crippen molar-refractivity contribution in [2.24, 2.45) is 11.3 Å². The molecule has 1 unspecified atom stereocenters. The first-order chi connectivity index (χ1) is 11.8. The van der Waals surface area contributed by atoms with Gasteiger partial charge in [-0.3, -0.25) is 0 Å². The Labute approximate surface area is 155 Å². The van der Waals surface area contributed by atoms with Crippen LogP contribution in [-0.2, 0) is 0 Å². The van der Waals surface area contributed by atoms with Crippen molar-refractivity contribution in [1.29, 1.82) is 0 Å². The molecule has 1 nitrogen and oxygen atoms in total. The highest BCUT2D eigenvalue weighted by Gasteiger charge is 2.42. The Hall–Kier alpha value is -1.76. The SMILES string of the molecule is CCCCC(C(C)(C)C)C(C)(C)N(c1ccccc1)c1ccccc1. The van der Waals surface area contributed by atoms with Crippen LogP contribution in [0.3, 0.4) is 0 Å². The van der Waals surface area contributed by atoms with E-state index in [4.69, 9.17) is 0 Å². The Morgan fingerprint density at radius 3 is 1.56 bits per heavy atom. The van der Waals surface area contributed by atoms with Gasteiger partial charge in [0.15, 0.2) is 0 Å². The molecule has 2 aromatic rings. The molecular weight excluding hydrogens is 302 g/mol. The van der Waals surface area contributed by atoms with Crippen molar-refractivity contribution >= 4 is 11.4 Å². The van der Waals surface area contributed by atoms with Crippen LogP contribution >= 0.6 is 0 Å². The average Bonchev–Trinajstić information content (AvgIpc) is 2.55. The summed E-state index contributed by atoms with van der Waals surface area (Å²) in [6.45, 7) is 14.3. The molecule has 0 saturated heterocycles. The molecule has 1 heteroatoms. The summed E-state index contributed by atoms with van der Waals surface area (Å²) in [5, 5.41) is 0. The van der Waals surface area contributed by atoms with Gasteiger partial charge in [-0.2, -0.15) is 0 Å². The summed E-state index contributed by atoms with van der Waals surface area (Å²) in [7, 11) is 0. The molecule has 0 fully saturated rings. The van der Waals surface area contributed by atoms with Crippen molar-refractivity contribution in [1.82, 2.24) is 0 Å². The molecule has 0 aliphatic rings. The van der Waals surface area contributed by atoms with Crippen molar-refractivity contribution in [2.45, 2.75) is 66.3 Å². The Morgan fingerprint density at radius 2 is 1.20 bits per heavy atom. The lowest BCUT2D eigenvalue weighted by molar-refractivity contribution is 0.136. The van der Waals surface area contributed by atoms with E-state index in [-0.39, 0.29) is 11.0 Å². The van der Waals surface area contributed by atoms with Gasteiger partial charge in [0, 0.05) is 16.9 Å². The Kier molecular flexibility index (Phi) is 6.32. The molecule has 2 aromatic carbocycles. The maximum absolute atomic E-state index is 2.54. The molecule has 0 bridgehead atoms. The number of benzene rings is 2. The lowest BCUT2D eigenvalue weighted by Gasteiger charge is -2.50. The van der Waals surface area contributed by atoms with Crippen LogP contribution in [-0.4, -0.2) is 5.54 Å². The molecule has 25 heavy (non-hydrogen) atoms. The van der Waals surface area contributed by atoms with Crippen LogP contribution < -0.4 is 4.90 Å². The van der Waals surface area contributed by atoms with Gasteiger partial charge in [0.1, 0.15) is 0 Å². The van der Waals surface area contributed by atoms with Gasteiger partial charge in [-0.15, -0.1) is 0 Å². The minimum absolute atomic E-state index is 0.0100. The minimum atomic E-state index is 0.0100. The van der Waals surface area contributed by atoms with Gasteiger partial charge in [0.25, 0.3) is 0 Å². The molecule has 2 rings (SSSR count). The summed E-state index contributed by atoms with van der Waals surface area (Å²) in [5.41, 5.74) is 2.80. The van der Waals surface area contributed by atoms with E-state index in [9.17, 15) is 0 Å². The van der Waals surface area contributed by atoms with E-state index < -0.39 is 0 Å². The van der Waals surface area contributed by atoms with Crippen LogP contribution in [0.25, 0.3) is 0 Å². The fourth-order valence-electron chi connectivity index (χ4n) is 4.38. The average molecular weight is 338 g/mol. The summed E-state index contributed by atoms with van der Waals surface area (Å²) >= 11 is 0. The molecule has 0 aliphatic heterocycles. The molecule has 0 spiro atoms. The summed E-state index contributed by atoms with van der Waals surface area (Å²) in [5.74, 6) is 0.584. The Bertz CT molecular complexity index is 583. The van der Waals surface area contributed by atoms with Crippen LogP contribution in [0, 0.1) is 11.3 Å². The first-order valence-electron chi connectivity index (χ1n) is 9.68. The summed E-state index contributed by atoms with van der Waals surface area (Å²) in [6.07, 6.45) is 3.78. The third-order valence-electron chi connectivity index (χ3n) is 5.35. The molecular formula is C24H35N. The second-order valence-corrected chi connectivity index (χ2v) is 8.72. The highest BCUT2D eigenvalue weighted by molar-refractivity contribution is 5.65. The van der Waals surface area contributed by atoms with Crippen molar-refractivity contribution in [2.75, 3.05) is 4.90 Å². The number of anilines is 2. The van der Waals surface area contributed by atoms with Gasteiger partial charge < -0.3 is 4.90 Å². The van der Waals surface area contributed by atoms with E-state index in [1.807, 2.05) is 0 Å². The summed E-state index contributed by atoms with van der Waals surface area (Å²) < 4.78 is 0. The lowest BCUT2D eigenvalue weighted by atomic mass is 9.67. The molecule has 0 amide bonds. The van der Waals surface area contributed by atoms with Crippen LogP contribution in [0.2, 0.25) is 0 Å². The molecule has 0 aromatic heterocycles. The Balaban J connectivity index is 2.54. The van der Waals surface area contributed by atoms with E-state index in [0.29, 0.717) is 5.92 Å². The summed E-state index contributed by atoms with van der Waals surface area (Å²) in [4.78, 5) is 2.54. The number of nitrogens with zero attached hydrogens (tertiary/aromatic N) is 1. The molecule has 1 atom stereocenters. The third kappa shape index (κ3) is 4.66. The third-order valence-corrected chi connectivity index (χ3v) is 5.35. The molecule has 136 valence electrons. The normalized spacial score (nSPS) is 13.5. The molecule has 0 heterocycles. The maximum atomic E-state index is 2.54. The number of rotatable bonds is 7. The smallest absolute Gasteiger partial charge is 0.0428 e. The van der Waals surface area contributed by atoms with Crippen molar-refractivity contribution < 1.29 is 0 Å². The lowest BCUT2D eigenvalue weighted by Crippen LogP contribution is -2.51. The largest absolute Gasteiger partial charge is 0.336 e. The zero-order valence-electron chi connectivity index (χ0n) is 16.9. The quantitative estimate of drug-likeness (QED) is 0.507. The van der Waals surface area contributed by atoms with Gasteiger partial charge >= 0.3 is 0 Å². The first-order valence-corrected chi connectivity index (χ1v) is 9.68. The number of unbranched alkanes of at least 4 members (excludes halogenated alkanes) is 1. The number of hydrogen-bond donors (Lipinski definition) is 0. The van der Waals surface area contributed by atoms with Gasteiger partial charge in [0.2, 0.25) is 0 Å². The monoisotopic (exact) mass is 337 g/mol. The van der Waals surface area contributed by atoms with Crippen molar-refractivity contribution in [3.05, 3.63) is 60.7 Å². The van der Waals surface area contributed by atoms with E-state index in [0.717, 1.165) is 0 Å². The van der Waals surface area contributed by atoms with Crippen LogP contribution in [0.1, 0.15) is 60.8 Å². The predicted molar refractivity (Wildman–Crippen MR) is 112 cm³/mol. The zero-order chi connectivity index (χ0) is 18.5. The van der Waals surface area contributed by atoms with Crippen molar-refractivity contribution in [3.63, 3.8) is 0 Å². The predicted octanol–water partition coefficient (Wildman–Crippen LogP) is 7.46. The highest BCUT2D eigenvalue weighted by Crippen LogP contribution is 2.45. The summed E-state index contributed by atoms with van der Waals surface area (Å²) in [6, 6.07) is 21.7. The molecule has 0 radical (unpaired) electrons. The first kappa shape index (κ1) is 19.6. The standard InChI is InChI=1S/C24H35N/c1-7-8-19-22(23(2,3)4)24(5,6)25(20-15-11-9-12-16-20)21-17-13-10-14-18-21/h9-18,22H,7-8,19H2,1-6H3. The van der Waals surface area contributed by atoms with Crippen LogP contribution in [0.5, 0.6) is 0 Å². The Morgan fingerprint density at radius 1 is 0.760 bits per heavy atom. The van der Waals surface area contributed by atoms with E-state index >= 15 is 0 Å². The van der Waals surface area contributed by atoms with Gasteiger partial charge in [-0.1, -0.05) is 76.9 Å². The molecule has 0 aliphatic carbocycles. The second kappa shape index (κ2) is 8.08. The fourth-order valence-corrected chi connectivity index (χ4v) is 4.38. The van der Waals surface area contributed by atoms with Crippen LogP contribution in [0.4, 0.5) is 11.4 Å². The van der Waals surface area contributed by atoms with Gasteiger partial charge in [-0.25, -0.2) is 0 Å². The van der Waals surface area contributed by atoms with Gasteiger partial charge in [-0.05, 0) is 55.9 Å². The minimum Gasteiger partial charge on any atom is -0.336 e. The van der Waals surface area contributed by atoms with Gasteiger partial charge in [0.05, 0.1) is 0 Å². The molecule has 0 N–H and O–H groups in total. The van der Waals surface area contributed by atoms with E-state index in [1.165, 1.54) is 30.6 Å². The maximum Gasteiger partial charge on any atom is 0.0428 e. The molecule has 0 saturated carbocycles. The second-order valence-electron chi connectivity index (χ2n) is 8.72. The van der Waals surface area contributed by atoms with Crippen molar-refractivity contribution in [3.8, 4) is 0 Å². The number of para-hydroxylation sites is 2. The van der Waals surface area contributed by atoms with E-state index in [2.05, 4.69) is 107 Å². The topological polar surface area (TPSA) is 3.24 Å². The van der Waals surface area contributed by atoms with E-state index in [1.54, 1.807) is 0 Å². The highest BCUT2D eigenvalue weighted by atomic mass is 15.2.